The van der Waals surface area contributed by atoms with E-state index >= 15 is 0 Å². The van der Waals surface area contributed by atoms with Crippen LogP contribution in [0.4, 0.5) is 0 Å². The molecule has 0 amide bonds. The van der Waals surface area contributed by atoms with Crippen molar-refractivity contribution in [1.82, 2.24) is 0 Å². The molecule has 2 aromatic rings. The molecule has 0 nitrogen and oxygen atoms in total. The van der Waals surface area contributed by atoms with E-state index in [-0.39, 0.29) is 0 Å². The zero-order valence-electron chi connectivity index (χ0n) is 9.74. The normalized spacial score (nSPS) is 12.4. The first-order chi connectivity index (χ1) is 8.66. The lowest BCUT2D eigenvalue weighted by Gasteiger charge is -2.11. The Labute approximate surface area is 126 Å². The van der Waals surface area contributed by atoms with Crippen LogP contribution in [0.2, 0.25) is 10.0 Å². The van der Waals surface area contributed by atoms with Gasteiger partial charge in [-0.15, -0.1) is 0 Å². The Hall–Kier alpha value is -0.500. The summed E-state index contributed by atoms with van der Waals surface area (Å²) in [7, 11) is 0. The second kappa shape index (κ2) is 6.60. The van der Waals surface area contributed by atoms with Crippen LogP contribution in [0.15, 0.2) is 48.5 Å². The summed E-state index contributed by atoms with van der Waals surface area (Å²) in [5.74, 6) is 0. The quantitative estimate of drug-likeness (QED) is 0.591. The summed E-state index contributed by atoms with van der Waals surface area (Å²) in [6, 6.07) is 16.0. The average Bonchev–Trinajstić information content (AvgIpc) is 2.40. The van der Waals surface area contributed by atoms with Crippen LogP contribution in [0.3, 0.4) is 0 Å². The van der Waals surface area contributed by atoms with Crippen LogP contribution >= 0.6 is 39.1 Å². The molecule has 2 rings (SSSR count). The van der Waals surface area contributed by atoms with Crippen molar-refractivity contribution in [2.24, 2.45) is 0 Å². The van der Waals surface area contributed by atoms with Gasteiger partial charge in [0.15, 0.2) is 0 Å². The van der Waals surface area contributed by atoms with Gasteiger partial charge in [0.2, 0.25) is 0 Å². The lowest BCUT2D eigenvalue weighted by molar-refractivity contribution is 0.813. The standard InChI is InChI=1S/C15H13BrCl2/c16-14(11-4-2-1-3-5-11)8-6-12-10-13(17)7-9-15(12)18/h1-5,7,9-10,14H,6,8H2. The predicted octanol–water partition coefficient (Wildman–Crippen LogP) is 6.06. The summed E-state index contributed by atoms with van der Waals surface area (Å²) in [6.07, 6.45) is 1.90. The van der Waals surface area contributed by atoms with E-state index in [9.17, 15) is 0 Å². The molecule has 0 aliphatic heterocycles. The van der Waals surface area contributed by atoms with Crippen molar-refractivity contribution >= 4 is 39.1 Å². The van der Waals surface area contributed by atoms with Crippen LogP contribution in [0.1, 0.15) is 22.4 Å². The van der Waals surface area contributed by atoms with Gasteiger partial charge in [0.05, 0.1) is 0 Å². The van der Waals surface area contributed by atoms with Crippen molar-refractivity contribution in [2.75, 3.05) is 0 Å². The highest BCUT2D eigenvalue weighted by molar-refractivity contribution is 9.09. The molecular weight excluding hydrogens is 331 g/mol. The minimum absolute atomic E-state index is 0.341. The van der Waals surface area contributed by atoms with Crippen LogP contribution in [0.25, 0.3) is 0 Å². The van der Waals surface area contributed by atoms with Crippen LogP contribution in [-0.4, -0.2) is 0 Å². The first-order valence-corrected chi connectivity index (χ1v) is 7.47. The fourth-order valence-corrected chi connectivity index (χ4v) is 2.79. The number of rotatable bonds is 4. The zero-order valence-corrected chi connectivity index (χ0v) is 12.8. The third kappa shape index (κ3) is 3.74. The molecule has 0 radical (unpaired) electrons. The van der Waals surface area contributed by atoms with E-state index in [2.05, 4.69) is 40.2 Å². The Kier molecular flexibility index (Phi) is 5.11. The molecule has 0 aliphatic rings. The number of alkyl halides is 1. The van der Waals surface area contributed by atoms with E-state index in [4.69, 9.17) is 23.2 Å². The minimum Gasteiger partial charge on any atom is -0.0843 e. The van der Waals surface area contributed by atoms with Gasteiger partial charge in [-0.3, -0.25) is 0 Å². The van der Waals surface area contributed by atoms with Crippen molar-refractivity contribution in [3.05, 3.63) is 69.7 Å². The summed E-state index contributed by atoms with van der Waals surface area (Å²) in [5.41, 5.74) is 2.39. The lowest BCUT2D eigenvalue weighted by Crippen LogP contribution is -1.94. The van der Waals surface area contributed by atoms with Crippen molar-refractivity contribution in [2.45, 2.75) is 17.7 Å². The molecule has 0 aromatic heterocycles. The Balaban J connectivity index is 2.01. The summed E-state index contributed by atoms with van der Waals surface area (Å²) < 4.78 is 0. The van der Waals surface area contributed by atoms with Gasteiger partial charge in [0, 0.05) is 14.9 Å². The number of hydrogen-bond acceptors (Lipinski definition) is 0. The molecule has 3 heteroatoms. The third-order valence-electron chi connectivity index (χ3n) is 2.84. The van der Waals surface area contributed by atoms with Crippen molar-refractivity contribution < 1.29 is 0 Å². The van der Waals surface area contributed by atoms with E-state index in [0.29, 0.717) is 4.83 Å². The maximum absolute atomic E-state index is 6.15. The van der Waals surface area contributed by atoms with Gasteiger partial charge in [0.25, 0.3) is 0 Å². The van der Waals surface area contributed by atoms with Gasteiger partial charge in [-0.05, 0) is 42.2 Å². The van der Waals surface area contributed by atoms with Crippen LogP contribution in [0, 0.1) is 0 Å². The second-order valence-electron chi connectivity index (χ2n) is 4.15. The first kappa shape index (κ1) is 13.9. The predicted molar refractivity (Wildman–Crippen MR) is 82.9 cm³/mol. The summed E-state index contributed by atoms with van der Waals surface area (Å²) >= 11 is 15.8. The van der Waals surface area contributed by atoms with Crippen LogP contribution in [0.5, 0.6) is 0 Å². The van der Waals surface area contributed by atoms with Gasteiger partial charge >= 0.3 is 0 Å². The highest BCUT2D eigenvalue weighted by atomic mass is 79.9. The van der Waals surface area contributed by atoms with E-state index in [0.717, 1.165) is 28.5 Å². The molecule has 0 fully saturated rings. The maximum Gasteiger partial charge on any atom is 0.0439 e. The molecule has 0 heterocycles. The molecule has 1 unspecified atom stereocenters. The summed E-state index contributed by atoms with van der Waals surface area (Å²) in [6.45, 7) is 0. The molecule has 1 atom stereocenters. The molecule has 0 bridgehead atoms. The van der Waals surface area contributed by atoms with Crippen LogP contribution in [-0.2, 0) is 6.42 Å². The fourth-order valence-electron chi connectivity index (χ4n) is 1.85. The van der Waals surface area contributed by atoms with Gasteiger partial charge in [-0.1, -0.05) is 69.5 Å². The molecular formula is C15H13BrCl2. The van der Waals surface area contributed by atoms with E-state index < -0.39 is 0 Å². The smallest absolute Gasteiger partial charge is 0.0439 e. The maximum atomic E-state index is 6.15. The number of hydrogen-bond donors (Lipinski definition) is 0. The first-order valence-electron chi connectivity index (χ1n) is 5.80. The van der Waals surface area contributed by atoms with Gasteiger partial charge in [0.1, 0.15) is 0 Å². The molecule has 18 heavy (non-hydrogen) atoms. The SMILES string of the molecule is Clc1ccc(Cl)c(CCC(Br)c2ccccc2)c1. The van der Waals surface area contributed by atoms with Crippen molar-refractivity contribution in [3.8, 4) is 0 Å². The lowest BCUT2D eigenvalue weighted by atomic mass is 10.0. The Morgan fingerprint density at radius 3 is 2.44 bits per heavy atom. The Morgan fingerprint density at radius 1 is 1.00 bits per heavy atom. The van der Waals surface area contributed by atoms with Gasteiger partial charge < -0.3 is 0 Å². The molecule has 0 N–H and O–H groups in total. The van der Waals surface area contributed by atoms with E-state index in [1.807, 2.05) is 24.3 Å². The molecule has 0 saturated heterocycles. The number of aryl methyl sites for hydroxylation is 1. The topological polar surface area (TPSA) is 0 Å². The monoisotopic (exact) mass is 342 g/mol. The van der Waals surface area contributed by atoms with E-state index in [1.165, 1.54) is 5.56 Å². The zero-order chi connectivity index (χ0) is 13.0. The largest absolute Gasteiger partial charge is 0.0843 e. The summed E-state index contributed by atoms with van der Waals surface area (Å²) in [5, 5.41) is 1.52. The Bertz CT molecular complexity index is 511. The average molecular weight is 344 g/mol. The Morgan fingerprint density at radius 2 is 1.72 bits per heavy atom. The highest BCUT2D eigenvalue weighted by Gasteiger charge is 2.09. The molecule has 2 aromatic carbocycles. The number of halogens is 3. The van der Waals surface area contributed by atoms with Crippen LogP contribution < -0.4 is 0 Å². The van der Waals surface area contributed by atoms with Gasteiger partial charge in [-0.2, -0.15) is 0 Å². The molecule has 94 valence electrons. The fraction of sp³-hybridized carbons (Fsp3) is 0.200. The van der Waals surface area contributed by atoms with Crippen molar-refractivity contribution in [1.29, 1.82) is 0 Å². The second-order valence-corrected chi connectivity index (χ2v) is 6.10. The third-order valence-corrected chi connectivity index (χ3v) is 4.43. The molecule has 0 spiro atoms. The minimum atomic E-state index is 0.341. The van der Waals surface area contributed by atoms with Gasteiger partial charge in [-0.25, -0.2) is 0 Å². The molecule has 0 saturated carbocycles. The summed E-state index contributed by atoms with van der Waals surface area (Å²) in [4.78, 5) is 0.341. The van der Waals surface area contributed by atoms with E-state index in [1.54, 1.807) is 0 Å². The molecule has 0 aliphatic carbocycles. The highest BCUT2D eigenvalue weighted by Crippen LogP contribution is 2.30. The van der Waals surface area contributed by atoms with Crippen molar-refractivity contribution in [3.63, 3.8) is 0 Å². The number of benzene rings is 2.